The maximum atomic E-state index is 6.34. The Hall–Kier alpha value is -0.0900. The Morgan fingerprint density at radius 3 is 2.37 bits per heavy atom. The average molecular weight is 438 g/mol. The van der Waals surface area contributed by atoms with Crippen LogP contribution in [0.2, 0.25) is 0 Å². The molecule has 1 N–H and O–H groups in total. The van der Waals surface area contributed by atoms with Crippen LogP contribution in [0.25, 0.3) is 0 Å². The van der Waals surface area contributed by atoms with Gasteiger partial charge in [0, 0.05) is 24.5 Å². The number of hydrogen-bond donors (Lipinski definition) is 1. The van der Waals surface area contributed by atoms with E-state index >= 15 is 0 Å². The molecule has 1 aliphatic carbocycles. The molecule has 2 fully saturated rings. The van der Waals surface area contributed by atoms with Crippen molar-refractivity contribution < 1.29 is 0 Å². The van der Waals surface area contributed by atoms with Crippen molar-refractivity contribution in [3.05, 3.63) is 11.6 Å². The van der Waals surface area contributed by atoms with Gasteiger partial charge in [-0.1, -0.05) is 46.3 Å². The monoisotopic (exact) mass is 437 g/mol. The molecule has 0 bridgehead atoms. The fourth-order valence-electron chi connectivity index (χ4n) is 6.06. The molecule has 2 unspecified atom stereocenters. The SMILES string of the molecule is CCN1CCC(CN[C@@H](CN2CCC(C3=CCC(Cl)CC3)C(C)(C)C2)C(C)C)CC1. The second kappa shape index (κ2) is 11.2. The van der Waals surface area contributed by atoms with Gasteiger partial charge in [-0.05, 0) is 94.4 Å². The number of likely N-dealkylation sites (tertiary alicyclic amines) is 2. The highest BCUT2D eigenvalue weighted by atomic mass is 35.5. The minimum Gasteiger partial charge on any atom is -0.312 e. The Morgan fingerprint density at radius 2 is 1.80 bits per heavy atom. The van der Waals surface area contributed by atoms with Crippen LogP contribution in [0.3, 0.4) is 0 Å². The predicted octanol–water partition coefficient (Wildman–Crippen LogP) is 5.40. The fourth-order valence-corrected chi connectivity index (χ4v) is 6.26. The molecule has 2 saturated heterocycles. The van der Waals surface area contributed by atoms with Crippen molar-refractivity contribution in [2.45, 2.75) is 84.6 Å². The lowest BCUT2D eigenvalue weighted by molar-refractivity contribution is 0.0588. The molecule has 3 atom stereocenters. The largest absolute Gasteiger partial charge is 0.312 e. The first-order chi connectivity index (χ1) is 14.3. The Balaban J connectivity index is 1.49. The summed E-state index contributed by atoms with van der Waals surface area (Å²) in [4.78, 5) is 5.35. The van der Waals surface area contributed by atoms with Crippen molar-refractivity contribution in [1.29, 1.82) is 0 Å². The molecule has 0 aromatic rings. The molecular weight excluding hydrogens is 390 g/mol. The maximum absolute atomic E-state index is 6.34. The van der Waals surface area contributed by atoms with Gasteiger partial charge in [0.05, 0.1) is 0 Å². The summed E-state index contributed by atoms with van der Waals surface area (Å²) in [7, 11) is 0. The average Bonchev–Trinajstić information content (AvgIpc) is 2.71. The number of rotatable bonds is 8. The van der Waals surface area contributed by atoms with E-state index in [0.29, 0.717) is 22.8 Å². The van der Waals surface area contributed by atoms with Gasteiger partial charge < -0.3 is 15.1 Å². The summed E-state index contributed by atoms with van der Waals surface area (Å²) in [6, 6.07) is 0.604. The second-order valence-corrected chi connectivity index (χ2v) is 12.0. The first-order valence-electron chi connectivity index (χ1n) is 12.8. The zero-order valence-electron chi connectivity index (χ0n) is 20.4. The van der Waals surface area contributed by atoms with Crippen LogP contribution in [0.1, 0.15) is 73.1 Å². The van der Waals surface area contributed by atoms with Crippen molar-refractivity contribution in [2.75, 3.05) is 45.8 Å². The quantitative estimate of drug-likeness (QED) is 0.405. The van der Waals surface area contributed by atoms with Crippen molar-refractivity contribution in [3.8, 4) is 0 Å². The van der Waals surface area contributed by atoms with Gasteiger partial charge in [0.25, 0.3) is 0 Å². The van der Waals surface area contributed by atoms with E-state index in [1.807, 2.05) is 0 Å². The van der Waals surface area contributed by atoms with E-state index in [2.05, 4.69) is 55.8 Å². The zero-order valence-corrected chi connectivity index (χ0v) is 21.2. The molecule has 0 radical (unpaired) electrons. The summed E-state index contributed by atoms with van der Waals surface area (Å²) >= 11 is 6.34. The third-order valence-electron chi connectivity index (χ3n) is 8.22. The molecule has 3 nitrogen and oxygen atoms in total. The van der Waals surface area contributed by atoms with Gasteiger partial charge >= 0.3 is 0 Å². The van der Waals surface area contributed by atoms with Gasteiger partial charge in [0.2, 0.25) is 0 Å². The lowest BCUT2D eigenvalue weighted by Gasteiger charge is -2.47. The van der Waals surface area contributed by atoms with Crippen LogP contribution >= 0.6 is 11.6 Å². The van der Waals surface area contributed by atoms with Crippen LogP contribution < -0.4 is 5.32 Å². The van der Waals surface area contributed by atoms with E-state index in [1.165, 1.54) is 77.9 Å². The molecule has 2 aliphatic heterocycles. The number of hydrogen-bond acceptors (Lipinski definition) is 3. The minimum absolute atomic E-state index is 0.359. The van der Waals surface area contributed by atoms with E-state index in [9.17, 15) is 0 Å². The lowest BCUT2D eigenvalue weighted by Crippen LogP contribution is -2.52. The lowest BCUT2D eigenvalue weighted by atomic mass is 9.68. The van der Waals surface area contributed by atoms with Crippen LogP contribution in [0.4, 0.5) is 0 Å². The third-order valence-corrected chi connectivity index (χ3v) is 8.62. The Morgan fingerprint density at radius 1 is 1.10 bits per heavy atom. The van der Waals surface area contributed by atoms with Gasteiger partial charge in [0.1, 0.15) is 0 Å². The van der Waals surface area contributed by atoms with Crippen molar-refractivity contribution in [2.24, 2.45) is 23.2 Å². The molecular formula is C26H48ClN3. The topological polar surface area (TPSA) is 18.5 Å². The zero-order chi connectivity index (χ0) is 21.7. The second-order valence-electron chi connectivity index (χ2n) is 11.4. The maximum Gasteiger partial charge on any atom is 0.0373 e. The summed E-state index contributed by atoms with van der Waals surface area (Å²) in [6.07, 6.45) is 9.97. The summed E-state index contributed by atoms with van der Waals surface area (Å²) in [6.45, 7) is 20.7. The van der Waals surface area contributed by atoms with Crippen LogP contribution in [0.5, 0.6) is 0 Å². The molecule has 0 aromatic heterocycles. The summed E-state index contributed by atoms with van der Waals surface area (Å²) in [5, 5.41) is 4.35. The number of alkyl halides is 1. The van der Waals surface area contributed by atoms with E-state index < -0.39 is 0 Å². The van der Waals surface area contributed by atoms with Crippen molar-refractivity contribution in [1.82, 2.24) is 15.1 Å². The molecule has 0 aromatic carbocycles. The first-order valence-corrected chi connectivity index (χ1v) is 13.2. The Kier molecular flexibility index (Phi) is 9.14. The Bertz CT molecular complexity index is 550. The third kappa shape index (κ3) is 6.70. The highest BCUT2D eigenvalue weighted by Crippen LogP contribution is 2.43. The smallest absolute Gasteiger partial charge is 0.0373 e. The molecule has 30 heavy (non-hydrogen) atoms. The highest BCUT2D eigenvalue weighted by Gasteiger charge is 2.38. The molecule has 0 amide bonds. The molecule has 2 heterocycles. The number of nitrogens with zero attached hydrogens (tertiary/aromatic N) is 2. The Labute approximate surface area is 192 Å². The van der Waals surface area contributed by atoms with E-state index in [1.54, 1.807) is 5.57 Å². The molecule has 3 aliphatic rings. The van der Waals surface area contributed by atoms with E-state index in [4.69, 9.17) is 11.6 Å². The summed E-state index contributed by atoms with van der Waals surface area (Å²) in [5.74, 6) is 2.29. The molecule has 0 saturated carbocycles. The van der Waals surface area contributed by atoms with Gasteiger partial charge in [-0.25, -0.2) is 0 Å². The number of allylic oxidation sites excluding steroid dienone is 2. The number of halogens is 1. The summed E-state index contributed by atoms with van der Waals surface area (Å²) < 4.78 is 0. The first kappa shape index (κ1) is 24.6. The van der Waals surface area contributed by atoms with Crippen LogP contribution in [0, 0.1) is 23.2 Å². The van der Waals surface area contributed by atoms with Gasteiger partial charge in [-0.2, -0.15) is 0 Å². The predicted molar refractivity (Wildman–Crippen MR) is 131 cm³/mol. The van der Waals surface area contributed by atoms with Crippen LogP contribution in [0.15, 0.2) is 11.6 Å². The normalized spacial score (nSPS) is 30.4. The number of nitrogens with one attached hydrogen (secondary N) is 1. The van der Waals surface area contributed by atoms with Gasteiger partial charge in [-0.15, -0.1) is 11.6 Å². The van der Waals surface area contributed by atoms with Gasteiger partial charge in [0.15, 0.2) is 0 Å². The molecule has 3 rings (SSSR count). The molecule has 174 valence electrons. The van der Waals surface area contributed by atoms with Crippen LogP contribution in [-0.4, -0.2) is 67.0 Å². The van der Waals surface area contributed by atoms with Gasteiger partial charge in [-0.3, -0.25) is 0 Å². The van der Waals surface area contributed by atoms with Crippen molar-refractivity contribution >= 4 is 11.6 Å². The number of piperidine rings is 2. The fraction of sp³-hybridized carbons (Fsp3) is 0.923. The van der Waals surface area contributed by atoms with E-state index in [0.717, 1.165) is 18.3 Å². The minimum atomic E-state index is 0.359. The summed E-state index contributed by atoms with van der Waals surface area (Å²) in [5.41, 5.74) is 2.06. The van der Waals surface area contributed by atoms with Crippen LogP contribution in [-0.2, 0) is 0 Å². The van der Waals surface area contributed by atoms with E-state index in [-0.39, 0.29) is 0 Å². The van der Waals surface area contributed by atoms with Crippen molar-refractivity contribution in [3.63, 3.8) is 0 Å². The highest BCUT2D eigenvalue weighted by molar-refractivity contribution is 6.20. The molecule has 0 spiro atoms. The molecule has 4 heteroatoms. The standard InChI is InChI=1S/C26H48ClN3/c1-6-29-14-11-21(12-15-29)17-28-25(20(2)3)18-30-16-13-24(26(4,5)19-30)22-7-9-23(27)10-8-22/h7,20-21,23-25,28H,6,8-19H2,1-5H3/t23?,24?,25-/m0/s1.